The molecule has 1 aliphatic heterocycles. The molecule has 4 aromatic rings. The van der Waals surface area contributed by atoms with Crippen molar-refractivity contribution in [3.63, 3.8) is 0 Å². The van der Waals surface area contributed by atoms with Crippen LogP contribution in [-0.4, -0.2) is 35.9 Å². The Morgan fingerprint density at radius 2 is 1.89 bits per heavy atom. The zero-order valence-corrected chi connectivity index (χ0v) is 22.6. The fraction of sp³-hybridized carbons (Fsp3) is 0.167. The van der Waals surface area contributed by atoms with Crippen molar-refractivity contribution in [1.29, 1.82) is 0 Å². The third kappa shape index (κ3) is 6.57. The van der Waals surface area contributed by atoms with Gasteiger partial charge in [0.15, 0.2) is 0 Å². The average Bonchev–Trinajstić information content (AvgIpc) is 3.49. The van der Waals surface area contributed by atoms with Gasteiger partial charge in [-0.1, -0.05) is 66.0 Å². The number of methoxy groups -OCH3 is 1. The maximum Gasteiger partial charge on any atom is 0.271 e. The number of amides is 1. The predicted octanol–water partition coefficient (Wildman–Crippen LogP) is 6.53. The summed E-state index contributed by atoms with van der Waals surface area (Å²) in [7, 11) is 1.67. The summed E-state index contributed by atoms with van der Waals surface area (Å²) in [6, 6.07) is 27.3. The van der Waals surface area contributed by atoms with Crippen LogP contribution < -0.4 is 14.9 Å². The van der Waals surface area contributed by atoms with E-state index >= 15 is 0 Å². The van der Waals surface area contributed by atoms with Gasteiger partial charge in [-0.15, -0.1) is 0 Å². The van der Waals surface area contributed by atoms with Crippen molar-refractivity contribution in [2.24, 2.45) is 10.1 Å². The summed E-state index contributed by atoms with van der Waals surface area (Å²) in [6.07, 6.45) is 1.63. The molecule has 0 fully saturated rings. The molecule has 6 nitrogen and oxygen atoms in total. The van der Waals surface area contributed by atoms with Crippen molar-refractivity contribution in [1.82, 2.24) is 5.43 Å². The topological polar surface area (TPSA) is 72.3 Å². The number of thioether (sulfide) groups is 2. The molecule has 1 N–H and O–H groups in total. The third-order valence-electron chi connectivity index (χ3n) is 5.98. The first kappa shape index (κ1) is 25.9. The molecular formula is C30H27N3O3S2. The predicted molar refractivity (Wildman–Crippen MR) is 159 cm³/mol. The molecule has 0 atom stereocenters. The van der Waals surface area contributed by atoms with Gasteiger partial charge in [-0.05, 0) is 64.4 Å². The lowest BCUT2D eigenvalue weighted by atomic mass is 10.1. The van der Waals surface area contributed by atoms with Crippen molar-refractivity contribution in [2.45, 2.75) is 12.4 Å². The monoisotopic (exact) mass is 541 g/mol. The van der Waals surface area contributed by atoms with Crippen LogP contribution in [0.1, 0.15) is 27.0 Å². The largest absolute Gasteiger partial charge is 0.496 e. The van der Waals surface area contributed by atoms with E-state index in [-0.39, 0.29) is 5.91 Å². The minimum atomic E-state index is -0.289. The van der Waals surface area contributed by atoms with E-state index in [1.807, 2.05) is 36.4 Å². The third-order valence-corrected chi connectivity index (χ3v) is 8.29. The first-order valence-corrected chi connectivity index (χ1v) is 14.2. The molecule has 1 amide bonds. The Morgan fingerprint density at radius 3 is 2.71 bits per heavy atom. The number of rotatable bonds is 9. The number of hydrogen-bond donors (Lipinski definition) is 1. The minimum absolute atomic E-state index is 0.289. The number of carbonyl (C=O) groups is 1. The van der Waals surface area contributed by atoms with Crippen LogP contribution in [0.2, 0.25) is 0 Å². The number of ether oxygens (including phenoxy) is 2. The zero-order chi connectivity index (χ0) is 26.2. The molecule has 0 spiro atoms. The molecule has 1 heterocycles. The van der Waals surface area contributed by atoms with Crippen LogP contribution in [0.3, 0.4) is 0 Å². The second-order valence-electron chi connectivity index (χ2n) is 8.51. The quantitative estimate of drug-likeness (QED) is 0.193. The average molecular weight is 542 g/mol. The number of benzene rings is 4. The van der Waals surface area contributed by atoms with E-state index in [1.54, 1.807) is 61.1 Å². The van der Waals surface area contributed by atoms with Gasteiger partial charge in [-0.3, -0.25) is 9.79 Å². The summed E-state index contributed by atoms with van der Waals surface area (Å²) in [5, 5.41) is 6.51. The van der Waals surface area contributed by atoms with Gasteiger partial charge in [0.1, 0.15) is 22.5 Å². The molecule has 0 radical (unpaired) electrons. The number of carbonyl (C=O) groups excluding carboxylic acids is 1. The molecule has 4 aromatic carbocycles. The van der Waals surface area contributed by atoms with Crippen molar-refractivity contribution in [3.05, 3.63) is 107 Å². The highest BCUT2D eigenvalue weighted by atomic mass is 32.2. The lowest BCUT2D eigenvalue weighted by molar-refractivity contribution is 0.0955. The number of fused-ring (bicyclic) bond motifs is 1. The van der Waals surface area contributed by atoms with Gasteiger partial charge in [-0.25, -0.2) is 5.43 Å². The molecule has 0 saturated heterocycles. The highest BCUT2D eigenvalue weighted by molar-refractivity contribution is 8.38. The molecule has 0 unspecified atom stereocenters. The van der Waals surface area contributed by atoms with Crippen molar-refractivity contribution < 1.29 is 14.3 Å². The summed E-state index contributed by atoms with van der Waals surface area (Å²) in [4.78, 5) is 17.1. The van der Waals surface area contributed by atoms with Crippen molar-refractivity contribution in [3.8, 4) is 11.5 Å². The Balaban J connectivity index is 1.16. The van der Waals surface area contributed by atoms with E-state index in [4.69, 9.17) is 9.47 Å². The summed E-state index contributed by atoms with van der Waals surface area (Å²) in [6.45, 7) is 1.34. The van der Waals surface area contributed by atoms with Crippen molar-refractivity contribution in [2.75, 3.05) is 19.4 Å². The van der Waals surface area contributed by atoms with E-state index in [1.165, 1.54) is 10.8 Å². The number of nitrogens with zero attached hydrogens (tertiary/aromatic N) is 2. The highest BCUT2D eigenvalue weighted by Crippen LogP contribution is 2.29. The summed E-state index contributed by atoms with van der Waals surface area (Å²) < 4.78 is 12.6. The van der Waals surface area contributed by atoms with Crippen LogP contribution in [-0.2, 0) is 12.4 Å². The van der Waals surface area contributed by atoms with Gasteiger partial charge in [0.05, 0.1) is 19.9 Å². The lowest BCUT2D eigenvalue weighted by Gasteiger charge is -2.10. The highest BCUT2D eigenvalue weighted by Gasteiger charge is 2.11. The Bertz CT molecular complexity index is 1480. The Kier molecular flexibility index (Phi) is 8.63. The second-order valence-corrected chi connectivity index (χ2v) is 10.8. The van der Waals surface area contributed by atoms with E-state index in [2.05, 4.69) is 39.8 Å². The normalized spacial score (nSPS) is 13.0. The maximum absolute atomic E-state index is 12.6. The number of aliphatic imine (C=N–C) groups is 1. The van der Waals surface area contributed by atoms with Crippen molar-refractivity contribution >= 4 is 50.8 Å². The first-order chi connectivity index (χ1) is 18.7. The van der Waals surface area contributed by atoms with Gasteiger partial charge in [0.25, 0.3) is 5.91 Å². The van der Waals surface area contributed by atoms with Crippen LogP contribution in [0.25, 0.3) is 10.8 Å². The molecule has 0 aliphatic carbocycles. The molecule has 0 bridgehead atoms. The van der Waals surface area contributed by atoms with Crippen LogP contribution >= 0.6 is 23.5 Å². The van der Waals surface area contributed by atoms with Gasteiger partial charge < -0.3 is 9.47 Å². The second kappa shape index (κ2) is 12.7. The summed E-state index contributed by atoms with van der Waals surface area (Å²) in [5.74, 6) is 3.04. The van der Waals surface area contributed by atoms with Gasteiger partial charge in [0.2, 0.25) is 0 Å². The van der Waals surface area contributed by atoms with Crippen LogP contribution in [0.4, 0.5) is 0 Å². The van der Waals surface area contributed by atoms with Crippen LogP contribution in [0, 0.1) is 0 Å². The number of hydrogen-bond acceptors (Lipinski definition) is 7. The lowest BCUT2D eigenvalue weighted by Crippen LogP contribution is -2.17. The van der Waals surface area contributed by atoms with Crippen LogP contribution in [0.5, 0.6) is 11.5 Å². The Labute approximate surface area is 230 Å². The van der Waals surface area contributed by atoms with E-state index < -0.39 is 0 Å². The molecule has 1 aliphatic rings. The fourth-order valence-corrected chi connectivity index (χ4v) is 6.03. The van der Waals surface area contributed by atoms with E-state index in [0.29, 0.717) is 17.9 Å². The Morgan fingerprint density at radius 1 is 1.05 bits per heavy atom. The summed E-state index contributed by atoms with van der Waals surface area (Å²) in [5.41, 5.74) is 6.15. The number of nitrogens with one attached hydrogen (secondary N) is 1. The van der Waals surface area contributed by atoms with Gasteiger partial charge in [-0.2, -0.15) is 5.10 Å². The fourth-order valence-electron chi connectivity index (χ4n) is 4.05. The van der Waals surface area contributed by atoms with Gasteiger partial charge in [0, 0.05) is 22.6 Å². The SMILES string of the molecule is COc1ccc(/C=N/NC(=O)c2ccc(OCc3cccc4ccccc34)cc2)cc1CSC1=NCCS1. The van der Waals surface area contributed by atoms with Gasteiger partial charge >= 0.3 is 0 Å². The number of hydrazone groups is 1. The molecular weight excluding hydrogens is 514 g/mol. The maximum atomic E-state index is 12.6. The van der Waals surface area contributed by atoms with E-state index in [0.717, 1.165) is 44.9 Å². The molecule has 192 valence electrons. The standard InChI is InChI=1S/C30H27N3O3S2/c1-35-28-14-9-21(17-25(28)20-38-30-31-15-16-37-30)18-32-33-29(34)23-10-12-26(13-11-23)36-19-24-7-4-6-22-5-2-3-8-27(22)24/h2-14,17-18H,15-16,19-20H2,1H3,(H,33,34)/b32-18+. The van der Waals surface area contributed by atoms with E-state index in [9.17, 15) is 4.79 Å². The molecule has 38 heavy (non-hydrogen) atoms. The molecule has 0 aromatic heterocycles. The molecule has 8 heteroatoms. The smallest absolute Gasteiger partial charge is 0.271 e. The minimum Gasteiger partial charge on any atom is -0.496 e. The summed E-state index contributed by atoms with van der Waals surface area (Å²) >= 11 is 3.50. The zero-order valence-electron chi connectivity index (χ0n) is 20.9. The molecule has 5 rings (SSSR count). The Hall–Kier alpha value is -3.75. The molecule has 0 saturated carbocycles. The first-order valence-electron chi connectivity index (χ1n) is 12.2. The van der Waals surface area contributed by atoms with Crippen LogP contribution in [0.15, 0.2) is 95.0 Å².